The topological polar surface area (TPSA) is 153 Å². The highest BCUT2D eigenvalue weighted by Gasteiger charge is 2.25. The van der Waals surface area contributed by atoms with E-state index in [2.05, 4.69) is 5.32 Å². The van der Waals surface area contributed by atoms with E-state index in [0.29, 0.717) is 5.56 Å². The van der Waals surface area contributed by atoms with E-state index < -0.39 is 48.3 Å². The van der Waals surface area contributed by atoms with Crippen molar-refractivity contribution < 1.29 is 38.9 Å². The molecular weight excluding hydrogens is 339 g/mol. The number of carbonyl (C=O) groups is 4. The van der Waals surface area contributed by atoms with Crippen molar-refractivity contribution in [1.82, 2.24) is 10.6 Å². The minimum absolute atomic E-state index is 0.143. The lowest BCUT2D eigenvalue weighted by atomic mass is 10.1. The number of nitrogens with one attached hydrogen (secondary N) is 2. The summed E-state index contributed by atoms with van der Waals surface area (Å²) in [6.07, 6.45) is -0.973. The predicted octanol–water partition coefficient (Wildman–Crippen LogP) is 0.439. The number of carbonyl (C=O) groups excluding carboxylic acids is 1. The second kappa shape index (κ2) is 9.21. The molecule has 136 valence electrons. The lowest BCUT2D eigenvalue weighted by Gasteiger charge is -2.18. The van der Waals surface area contributed by atoms with E-state index in [0.717, 1.165) is 12.1 Å². The van der Waals surface area contributed by atoms with E-state index in [1.54, 1.807) is 0 Å². The third-order valence-corrected chi connectivity index (χ3v) is 3.21. The van der Waals surface area contributed by atoms with Crippen molar-refractivity contribution in [3.05, 3.63) is 35.6 Å². The average molecular weight is 356 g/mol. The lowest BCUT2D eigenvalue weighted by molar-refractivity contribution is -0.140. The van der Waals surface area contributed by atoms with Gasteiger partial charge >= 0.3 is 23.9 Å². The minimum Gasteiger partial charge on any atom is -0.481 e. The first kappa shape index (κ1) is 19.9. The maximum absolute atomic E-state index is 12.8. The molecule has 0 spiro atoms. The van der Waals surface area contributed by atoms with Crippen molar-refractivity contribution >= 4 is 23.9 Å². The minimum atomic E-state index is -1.48. The van der Waals surface area contributed by atoms with Crippen molar-refractivity contribution in [3.63, 3.8) is 0 Å². The summed E-state index contributed by atoms with van der Waals surface area (Å²) in [5, 5.41) is 30.8. The number of urea groups is 1. The fourth-order valence-corrected chi connectivity index (χ4v) is 1.94. The van der Waals surface area contributed by atoms with Crippen LogP contribution in [0.5, 0.6) is 0 Å². The molecular formula is C15H17FN2O7. The van der Waals surface area contributed by atoms with Crippen molar-refractivity contribution in [2.24, 2.45) is 0 Å². The first-order valence-electron chi connectivity index (χ1n) is 7.18. The third-order valence-electron chi connectivity index (χ3n) is 3.21. The number of amides is 2. The molecule has 0 aliphatic carbocycles. The van der Waals surface area contributed by atoms with Gasteiger partial charge in [0, 0.05) is 12.8 Å². The Kier molecular flexibility index (Phi) is 7.32. The molecule has 0 saturated heterocycles. The third kappa shape index (κ3) is 7.29. The zero-order valence-corrected chi connectivity index (χ0v) is 12.9. The Morgan fingerprint density at radius 2 is 1.44 bits per heavy atom. The van der Waals surface area contributed by atoms with Gasteiger partial charge in [0.25, 0.3) is 0 Å². The Labute approximate surface area is 141 Å². The van der Waals surface area contributed by atoms with Crippen LogP contribution < -0.4 is 10.6 Å². The fourth-order valence-electron chi connectivity index (χ4n) is 1.94. The highest BCUT2D eigenvalue weighted by Crippen LogP contribution is 2.06. The van der Waals surface area contributed by atoms with Crippen molar-refractivity contribution in [2.45, 2.75) is 31.3 Å². The molecule has 0 saturated carbocycles. The number of aliphatic carboxylic acids is 3. The number of benzene rings is 1. The van der Waals surface area contributed by atoms with Gasteiger partial charge in [0.2, 0.25) is 0 Å². The monoisotopic (exact) mass is 356 g/mol. The van der Waals surface area contributed by atoms with E-state index in [1.165, 1.54) is 12.1 Å². The normalized spacial score (nSPS) is 12.7. The van der Waals surface area contributed by atoms with Crippen LogP contribution in [0.3, 0.4) is 0 Å². The molecule has 2 atom stereocenters. The van der Waals surface area contributed by atoms with Crippen LogP contribution in [0.4, 0.5) is 9.18 Å². The molecule has 0 fully saturated rings. The van der Waals surface area contributed by atoms with Crippen molar-refractivity contribution in [1.29, 1.82) is 0 Å². The number of halogens is 1. The van der Waals surface area contributed by atoms with Gasteiger partial charge in [-0.25, -0.2) is 18.8 Å². The SMILES string of the molecule is O=C(O)CC[C@H](NC(=O)N[C@@H](Cc1ccc(F)cc1)C(=O)O)C(=O)O. The smallest absolute Gasteiger partial charge is 0.326 e. The van der Waals surface area contributed by atoms with Gasteiger partial charge < -0.3 is 26.0 Å². The lowest BCUT2D eigenvalue weighted by Crippen LogP contribution is -2.51. The average Bonchev–Trinajstić information content (AvgIpc) is 2.52. The summed E-state index contributed by atoms with van der Waals surface area (Å²) < 4.78 is 12.8. The second-order valence-electron chi connectivity index (χ2n) is 5.16. The molecule has 0 aliphatic rings. The molecule has 10 heteroatoms. The Morgan fingerprint density at radius 1 is 0.920 bits per heavy atom. The molecule has 1 aromatic rings. The summed E-state index contributed by atoms with van der Waals surface area (Å²) in [7, 11) is 0. The fraction of sp³-hybridized carbons (Fsp3) is 0.333. The summed E-state index contributed by atoms with van der Waals surface area (Å²) >= 11 is 0. The van der Waals surface area contributed by atoms with Gasteiger partial charge in [0.1, 0.15) is 17.9 Å². The molecule has 25 heavy (non-hydrogen) atoms. The predicted molar refractivity (Wildman–Crippen MR) is 81.5 cm³/mol. The quantitative estimate of drug-likeness (QED) is 0.430. The number of rotatable bonds is 9. The van der Waals surface area contributed by atoms with Gasteiger partial charge in [-0.05, 0) is 24.1 Å². The first-order chi connectivity index (χ1) is 11.7. The van der Waals surface area contributed by atoms with Gasteiger partial charge in [-0.1, -0.05) is 12.1 Å². The molecule has 1 aromatic carbocycles. The molecule has 9 nitrogen and oxygen atoms in total. The maximum Gasteiger partial charge on any atom is 0.326 e. The molecule has 0 aliphatic heterocycles. The van der Waals surface area contributed by atoms with Gasteiger partial charge in [-0.15, -0.1) is 0 Å². The molecule has 0 heterocycles. The Bertz CT molecular complexity index is 648. The molecule has 0 unspecified atom stereocenters. The van der Waals surface area contributed by atoms with E-state index in [-0.39, 0.29) is 12.8 Å². The Balaban J connectivity index is 2.68. The maximum atomic E-state index is 12.8. The van der Waals surface area contributed by atoms with E-state index in [1.807, 2.05) is 5.32 Å². The van der Waals surface area contributed by atoms with Crippen LogP contribution in [0, 0.1) is 5.82 Å². The summed E-state index contributed by atoms with van der Waals surface area (Å²) in [5.74, 6) is -4.53. The van der Waals surface area contributed by atoms with Gasteiger partial charge in [0.15, 0.2) is 0 Å². The molecule has 0 bridgehead atoms. The van der Waals surface area contributed by atoms with Crippen LogP contribution in [0.15, 0.2) is 24.3 Å². The van der Waals surface area contributed by atoms with E-state index >= 15 is 0 Å². The number of hydrogen-bond donors (Lipinski definition) is 5. The van der Waals surface area contributed by atoms with Crippen LogP contribution in [0.25, 0.3) is 0 Å². The van der Waals surface area contributed by atoms with Crippen molar-refractivity contribution in [2.75, 3.05) is 0 Å². The molecule has 0 aromatic heterocycles. The molecule has 0 radical (unpaired) electrons. The van der Waals surface area contributed by atoms with Crippen LogP contribution in [-0.2, 0) is 20.8 Å². The summed E-state index contributed by atoms with van der Waals surface area (Å²) in [4.78, 5) is 44.5. The number of hydrogen-bond acceptors (Lipinski definition) is 4. The largest absolute Gasteiger partial charge is 0.481 e. The summed E-state index contributed by atoms with van der Waals surface area (Å²) in [6.45, 7) is 0. The summed E-state index contributed by atoms with van der Waals surface area (Å²) in [5.41, 5.74) is 0.453. The van der Waals surface area contributed by atoms with Gasteiger partial charge in [0.05, 0.1) is 0 Å². The standard InChI is InChI=1S/C15H17FN2O7/c16-9-3-1-8(2-4-9)7-11(14(23)24)18-15(25)17-10(13(21)22)5-6-12(19)20/h1-4,10-11H,5-7H2,(H,19,20)(H,21,22)(H,23,24)(H2,17,18,25)/t10-,11-/m0/s1. The highest BCUT2D eigenvalue weighted by molar-refractivity contribution is 5.86. The second-order valence-corrected chi connectivity index (χ2v) is 5.16. The summed E-state index contributed by atoms with van der Waals surface area (Å²) in [6, 6.07) is 1.08. The van der Waals surface area contributed by atoms with E-state index in [9.17, 15) is 23.6 Å². The Hall–Kier alpha value is -3.17. The zero-order chi connectivity index (χ0) is 19.0. The highest BCUT2D eigenvalue weighted by atomic mass is 19.1. The van der Waals surface area contributed by atoms with Crippen LogP contribution in [-0.4, -0.2) is 51.3 Å². The van der Waals surface area contributed by atoms with Gasteiger partial charge in [-0.2, -0.15) is 0 Å². The van der Waals surface area contributed by atoms with Gasteiger partial charge in [-0.3, -0.25) is 4.79 Å². The van der Waals surface area contributed by atoms with Crippen LogP contribution in [0.1, 0.15) is 18.4 Å². The number of carboxylic acids is 3. The zero-order valence-electron chi connectivity index (χ0n) is 12.9. The molecule has 5 N–H and O–H groups in total. The van der Waals surface area contributed by atoms with Crippen molar-refractivity contribution in [3.8, 4) is 0 Å². The number of carboxylic acid groups (broad SMARTS) is 3. The van der Waals surface area contributed by atoms with Crippen LogP contribution in [0.2, 0.25) is 0 Å². The molecule has 1 rings (SSSR count). The van der Waals surface area contributed by atoms with E-state index in [4.69, 9.17) is 15.3 Å². The molecule has 2 amide bonds. The van der Waals surface area contributed by atoms with Crippen LogP contribution >= 0.6 is 0 Å². The Morgan fingerprint density at radius 3 is 1.92 bits per heavy atom. The first-order valence-corrected chi connectivity index (χ1v) is 7.18.